The summed E-state index contributed by atoms with van der Waals surface area (Å²) in [5, 5.41) is 0. The Kier molecular flexibility index (Phi) is 6.63. The Labute approximate surface area is 55.8 Å². The Morgan fingerprint density at radius 3 is 1.56 bits per heavy atom. The van der Waals surface area contributed by atoms with Gasteiger partial charge in [0.1, 0.15) is 0 Å². The van der Waals surface area contributed by atoms with Gasteiger partial charge in [-0.1, -0.05) is 13.2 Å². The van der Waals surface area contributed by atoms with E-state index < -0.39 is 0 Å². The lowest BCUT2D eigenvalue weighted by Crippen LogP contribution is -2.09. The summed E-state index contributed by atoms with van der Waals surface area (Å²) in [6, 6.07) is 0. The first kappa shape index (κ1) is 8.24. The van der Waals surface area contributed by atoms with Crippen molar-refractivity contribution in [3.63, 3.8) is 0 Å². The van der Waals surface area contributed by atoms with Gasteiger partial charge in [0, 0.05) is 13.2 Å². The fraction of sp³-hybridized carbons (Fsp3) is 0.429. The topological polar surface area (TPSA) is 18.5 Å². The zero-order valence-corrected chi connectivity index (χ0v) is 5.51. The lowest BCUT2D eigenvalue weighted by molar-refractivity contribution is 0.0367. The fourth-order valence-electron chi connectivity index (χ4n) is 0.212. The second kappa shape index (κ2) is 7.24. The molecule has 0 N–H and O–H groups in total. The van der Waals surface area contributed by atoms with Gasteiger partial charge in [-0.15, -0.1) is 0 Å². The molecule has 2 heteroatoms. The second-order valence-electron chi connectivity index (χ2n) is 1.44. The molecule has 2 nitrogen and oxygen atoms in total. The van der Waals surface area contributed by atoms with E-state index in [1.54, 1.807) is 0 Å². The van der Waals surface area contributed by atoms with Crippen LogP contribution in [0, 0.1) is 0 Å². The molecule has 0 unspecified atom stereocenters. The Morgan fingerprint density at radius 2 is 1.56 bits per heavy atom. The third-order valence-electron chi connectivity index (χ3n) is 0.770. The molecule has 1 fully saturated rings. The van der Waals surface area contributed by atoms with Gasteiger partial charge in [-0.05, 0) is 6.42 Å². The van der Waals surface area contributed by atoms with Gasteiger partial charge in [0.25, 0.3) is 0 Å². The molecule has 0 amide bonds. The maximum atomic E-state index is 4.72. The average Bonchev–Trinajstić information content (AvgIpc) is 1.63. The van der Waals surface area contributed by atoms with E-state index in [1.165, 1.54) is 18.9 Å². The van der Waals surface area contributed by atoms with Crippen LogP contribution >= 0.6 is 0 Å². The van der Waals surface area contributed by atoms with E-state index in [1.807, 2.05) is 0 Å². The van der Waals surface area contributed by atoms with E-state index in [-0.39, 0.29) is 0 Å². The van der Waals surface area contributed by atoms with Crippen LogP contribution in [0.5, 0.6) is 0 Å². The van der Waals surface area contributed by atoms with Crippen LogP contribution in [-0.4, -0.2) is 13.2 Å². The summed E-state index contributed by atoms with van der Waals surface area (Å²) in [7, 11) is 0. The molecule has 0 atom stereocenters. The summed E-state index contributed by atoms with van der Waals surface area (Å²) in [5.74, 6) is 0. The number of rotatable bonds is 2. The largest absolute Gasteiger partial charge is 0.474 e. The lowest BCUT2D eigenvalue weighted by atomic mass is 10.4. The first-order valence-electron chi connectivity index (χ1n) is 2.87. The molecule has 1 aliphatic rings. The van der Waals surface area contributed by atoms with Crippen molar-refractivity contribution in [2.45, 2.75) is 6.42 Å². The number of hydrogen-bond donors (Lipinski definition) is 0. The monoisotopic (exact) mass is 128 g/mol. The highest BCUT2D eigenvalue weighted by atomic mass is 16.5. The first-order chi connectivity index (χ1) is 4.41. The molecular formula is C7H12O2. The van der Waals surface area contributed by atoms with E-state index in [0.29, 0.717) is 0 Å². The Morgan fingerprint density at radius 1 is 1.22 bits per heavy atom. The lowest BCUT2D eigenvalue weighted by Gasteiger charge is -2.09. The Balaban J connectivity index is 0.000000144. The Bertz CT molecular complexity index is 65.0. The third-order valence-corrected chi connectivity index (χ3v) is 0.770. The van der Waals surface area contributed by atoms with Crippen molar-refractivity contribution in [2.24, 2.45) is 0 Å². The van der Waals surface area contributed by atoms with Crippen LogP contribution in [0.4, 0.5) is 0 Å². The molecular weight excluding hydrogens is 116 g/mol. The highest BCUT2D eigenvalue weighted by Gasteiger charge is 1.94. The van der Waals surface area contributed by atoms with Gasteiger partial charge in [-0.25, -0.2) is 0 Å². The molecule has 0 saturated carbocycles. The minimum absolute atomic E-state index is 1.00. The minimum Gasteiger partial charge on any atom is -0.474 e. The second-order valence-corrected chi connectivity index (χ2v) is 1.44. The van der Waals surface area contributed by atoms with Crippen LogP contribution in [0.2, 0.25) is 0 Å². The van der Waals surface area contributed by atoms with Gasteiger partial charge in [-0.3, -0.25) is 0 Å². The van der Waals surface area contributed by atoms with Crippen molar-refractivity contribution in [1.29, 1.82) is 0 Å². The molecule has 0 bridgehead atoms. The number of ether oxygens (including phenoxy) is 2. The van der Waals surface area contributed by atoms with Crippen LogP contribution in [0.1, 0.15) is 6.42 Å². The van der Waals surface area contributed by atoms with E-state index in [4.69, 9.17) is 4.74 Å². The third kappa shape index (κ3) is 7.24. The summed E-state index contributed by atoms with van der Waals surface area (Å²) in [6.07, 6.45) is 3.90. The summed E-state index contributed by atoms with van der Waals surface area (Å²) in [5.41, 5.74) is 0. The summed E-state index contributed by atoms with van der Waals surface area (Å²) >= 11 is 0. The van der Waals surface area contributed by atoms with Crippen LogP contribution in [0.3, 0.4) is 0 Å². The molecule has 1 heterocycles. The number of hydrogen-bond acceptors (Lipinski definition) is 2. The average molecular weight is 128 g/mol. The maximum absolute atomic E-state index is 4.72. The van der Waals surface area contributed by atoms with Crippen molar-refractivity contribution in [1.82, 2.24) is 0 Å². The van der Waals surface area contributed by atoms with Crippen molar-refractivity contribution >= 4 is 0 Å². The molecule has 9 heavy (non-hydrogen) atoms. The van der Waals surface area contributed by atoms with Gasteiger partial charge in [0.2, 0.25) is 0 Å². The SMILES string of the molecule is C1COC1.C=COC=C. The van der Waals surface area contributed by atoms with Crippen molar-refractivity contribution in [2.75, 3.05) is 13.2 Å². The van der Waals surface area contributed by atoms with Crippen molar-refractivity contribution in [3.05, 3.63) is 25.7 Å². The molecule has 0 aliphatic carbocycles. The molecule has 1 rings (SSSR count). The van der Waals surface area contributed by atoms with E-state index in [9.17, 15) is 0 Å². The van der Waals surface area contributed by atoms with Crippen LogP contribution in [0.25, 0.3) is 0 Å². The highest BCUT2D eigenvalue weighted by molar-refractivity contribution is 4.57. The van der Waals surface area contributed by atoms with Crippen LogP contribution < -0.4 is 0 Å². The van der Waals surface area contributed by atoms with Gasteiger partial charge in [0.15, 0.2) is 0 Å². The van der Waals surface area contributed by atoms with Gasteiger partial charge < -0.3 is 9.47 Å². The smallest absolute Gasteiger partial charge is 0.0829 e. The molecule has 52 valence electrons. The molecule has 1 saturated heterocycles. The predicted molar refractivity (Wildman–Crippen MR) is 36.9 cm³/mol. The van der Waals surface area contributed by atoms with E-state index in [2.05, 4.69) is 17.9 Å². The zero-order chi connectivity index (χ0) is 6.95. The zero-order valence-electron chi connectivity index (χ0n) is 5.51. The van der Waals surface area contributed by atoms with E-state index >= 15 is 0 Å². The Hall–Kier alpha value is -0.760. The molecule has 0 aromatic heterocycles. The molecule has 1 aliphatic heterocycles. The van der Waals surface area contributed by atoms with Crippen molar-refractivity contribution < 1.29 is 9.47 Å². The predicted octanol–water partition coefficient (Wildman–Crippen LogP) is 1.70. The van der Waals surface area contributed by atoms with Crippen LogP contribution in [0.15, 0.2) is 25.7 Å². The fourth-order valence-corrected chi connectivity index (χ4v) is 0.212. The molecule has 0 spiro atoms. The highest BCUT2D eigenvalue weighted by Crippen LogP contribution is 1.93. The summed E-state index contributed by atoms with van der Waals surface area (Å²) in [4.78, 5) is 0. The van der Waals surface area contributed by atoms with Gasteiger partial charge in [0.05, 0.1) is 12.5 Å². The van der Waals surface area contributed by atoms with Gasteiger partial charge in [-0.2, -0.15) is 0 Å². The standard InChI is InChI=1S/C4H6O.C3H6O/c1-3-5-4-2;1-2-4-3-1/h3-4H,1-2H2;1-3H2. The first-order valence-corrected chi connectivity index (χ1v) is 2.87. The van der Waals surface area contributed by atoms with E-state index in [0.717, 1.165) is 13.2 Å². The minimum atomic E-state index is 1.00. The molecule has 0 aromatic rings. The van der Waals surface area contributed by atoms with Crippen molar-refractivity contribution in [3.8, 4) is 0 Å². The summed E-state index contributed by atoms with van der Waals surface area (Å²) in [6.45, 7) is 8.51. The van der Waals surface area contributed by atoms with Gasteiger partial charge >= 0.3 is 0 Å². The maximum Gasteiger partial charge on any atom is 0.0829 e. The van der Waals surface area contributed by atoms with Crippen LogP contribution in [-0.2, 0) is 9.47 Å². The summed E-state index contributed by atoms with van der Waals surface area (Å²) < 4.78 is 9.08. The molecule has 0 radical (unpaired) electrons. The quantitative estimate of drug-likeness (QED) is 0.527. The normalized spacial score (nSPS) is 13.8. The molecule has 0 aromatic carbocycles.